The SMILES string of the molecule is Cc1cccc(N=Cc2cc(Cl)ccc2OCc2ccccc2F)c1C. The van der Waals surface area contributed by atoms with Gasteiger partial charge in [-0.25, -0.2) is 4.39 Å². The molecule has 0 aliphatic rings. The van der Waals surface area contributed by atoms with Gasteiger partial charge in [0, 0.05) is 22.4 Å². The van der Waals surface area contributed by atoms with Gasteiger partial charge < -0.3 is 4.74 Å². The zero-order chi connectivity index (χ0) is 18.5. The molecule has 3 aromatic rings. The molecule has 0 atom stereocenters. The molecule has 4 heteroatoms. The Balaban J connectivity index is 1.85. The highest BCUT2D eigenvalue weighted by Gasteiger charge is 2.07. The summed E-state index contributed by atoms with van der Waals surface area (Å²) < 4.78 is 19.6. The van der Waals surface area contributed by atoms with Crippen molar-refractivity contribution in [3.05, 3.63) is 93.8 Å². The van der Waals surface area contributed by atoms with Crippen LogP contribution < -0.4 is 4.74 Å². The van der Waals surface area contributed by atoms with Crippen LogP contribution in [0.3, 0.4) is 0 Å². The smallest absolute Gasteiger partial charge is 0.129 e. The van der Waals surface area contributed by atoms with Gasteiger partial charge in [-0.05, 0) is 55.3 Å². The Labute approximate surface area is 157 Å². The number of ether oxygens (including phenoxy) is 1. The van der Waals surface area contributed by atoms with E-state index in [1.807, 2.05) is 19.1 Å². The van der Waals surface area contributed by atoms with Gasteiger partial charge in [0.25, 0.3) is 0 Å². The normalized spacial score (nSPS) is 11.1. The molecule has 0 aromatic heterocycles. The molecule has 0 fully saturated rings. The van der Waals surface area contributed by atoms with Crippen molar-refractivity contribution in [3.63, 3.8) is 0 Å². The Hall–Kier alpha value is -2.65. The number of aliphatic imine (C=N–C) groups is 1. The molecule has 0 N–H and O–H groups in total. The van der Waals surface area contributed by atoms with Crippen LogP contribution in [0.1, 0.15) is 22.3 Å². The van der Waals surface area contributed by atoms with E-state index in [9.17, 15) is 4.39 Å². The predicted octanol–water partition coefficient (Wildman–Crippen LogP) is 6.43. The van der Waals surface area contributed by atoms with Crippen LogP contribution in [-0.2, 0) is 6.61 Å². The van der Waals surface area contributed by atoms with Crippen LogP contribution in [-0.4, -0.2) is 6.21 Å². The van der Waals surface area contributed by atoms with E-state index in [0.29, 0.717) is 16.3 Å². The lowest BCUT2D eigenvalue weighted by Crippen LogP contribution is -2.00. The Kier molecular flexibility index (Phi) is 5.69. The quantitative estimate of drug-likeness (QED) is 0.476. The Morgan fingerprint density at radius 2 is 1.85 bits per heavy atom. The highest BCUT2D eigenvalue weighted by atomic mass is 35.5. The lowest BCUT2D eigenvalue weighted by atomic mass is 10.1. The van der Waals surface area contributed by atoms with E-state index in [-0.39, 0.29) is 12.4 Å². The van der Waals surface area contributed by atoms with Gasteiger partial charge in [0.15, 0.2) is 0 Å². The Bertz CT molecular complexity index is 953. The van der Waals surface area contributed by atoms with Crippen LogP contribution in [0, 0.1) is 19.7 Å². The summed E-state index contributed by atoms with van der Waals surface area (Å²) in [4.78, 5) is 4.57. The molecule has 0 aliphatic carbocycles. The lowest BCUT2D eigenvalue weighted by molar-refractivity contribution is 0.299. The van der Waals surface area contributed by atoms with E-state index >= 15 is 0 Å². The second kappa shape index (κ2) is 8.15. The molecule has 0 heterocycles. The second-order valence-corrected chi connectivity index (χ2v) is 6.48. The molecule has 0 saturated carbocycles. The Morgan fingerprint density at radius 1 is 1.04 bits per heavy atom. The first kappa shape index (κ1) is 18.2. The minimum atomic E-state index is -0.285. The summed E-state index contributed by atoms with van der Waals surface area (Å²) in [6.45, 7) is 4.23. The number of rotatable bonds is 5. The van der Waals surface area contributed by atoms with Crippen molar-refractivity contribution < 1.29 is 9.13 Å². The molecule has 0 spiro atoms. The number of aryl methyl sites for hydroxylation is 1. The molecule has 0 saturated heterocycles. The van der Waals surface area contributed by atoms with Gasteiger partial charge in [0.2, 0.25) is 0 Å². The fraction of sp³-hybridized carbons (Fsp3) is 0.136. The summed E-state index contributed by atoms with van der Waals surface area (Å²) in [5.41, 5.74) is 4.45. The number of nitrogens with zero attached hydrogens (tertiary/aromatic N) is 1. The van der Waals surface area contributed by atoms with Gasteiger partial charge in [0.1, 0.15) is 18.2 Å². The van der Waals surface area contributed by atoms with Crippen molar-refractivity contribution in [1.29, 1.82) is 0 Å². The standard InChI is InChI=1S/C22H19ClFNO/c1-15-6-5-9-21(16(15)2)25-13-18-12-19(23)10-11-22(18)26-14-17-7-3-4-8-20(17)24/h3-13H,14H2,1-2H3. The maximum absolute atomic E-state index is 13.8. The van der Waals surface area contributed by atoms with Crippen molar-refractivity contribution >= 4 is 23.5 Å². The van der Waals surface area contributed by atoms with E-state index in [1.54, 1.807) is 42.6 Å². The number of hydrogen-bond acceptors (Lipinski definition) is 2. The van der Waals surface area contributed by atoms with E-state index < -0.39 is 0 Å². The van der Waals surface area contributed by atoms with Crippen molar-refractivity contribution in [2.45, 2.75) is 20.5 Å². The van der Waals surface area contributed by atoms with Crippen molar-refractivity contribution in [3.8, 4) is 5.75 Å². The topological polar surface area (TPSA) is 21.6 Å². The first-order valence-corrected chi connectivity index (χ1v) is 8.68. The zero-order valence-corrected chi connectivity index (χ0v) is 15.4. The van der Waals surface area contributed by atoms with Crippen LogP contribution >= 0.6 is 11.6 Å². The maximum Gasteiger partial charge on any atom is 0.129 e. The van der Waals surface area contributed by atoms with Gasteiger partial charge in [0.05, 0.1) is 5.69 Å². The third kappa shape index (κ3) is 4.30. The molecule has 2 nitrogen and oxygen atoms in total. The van der Waals surface area contributed by atoms with Crippen LogP contribution in [0.2, 0.25) is 5.02 Å². The fourth-order valence-electron chi connectivity index (χ4n) is 2.54. The number of benzene rings is 3. The first-order chi connectivity index (χ1) is 12.5. The van der Waals surface area contributed by atoms with Crippen molar-refractivity contribution in [2.75, 3.05) is 0 Å². The highest BCUT2D eigenvalue weighted by Crippen LogP contribution is 2.25. The molecule has 0 unspecified atom stereocenters. The van der Waals surface area contributed by atoms with Gasteiger partial charge in [-0.15, -0.1) is 0 Å². The van der Waals surface area contributed by atoms with Crippen LogP contribution in [0.4, 0.5) is 10.1 Å². The third-order valence-corrected chi connectivity index (χ3v) is 4.47. The van der Waals surface area contributed by atoms with Gasteiger partial charge in [-0.3, -0.25) is 4.99 Å². The van der Waals surface area contributed by atoms with E-state index in [1.165, 1.54) is 11.6 Å². The van der Waals surface area contributed by atoms with Crippen molar-refractivity contribution in [2.24, 2.45) is 4.99 Å². The summed E-state index contributed by atoms with van der Waals surface area (Å²) in [5, 5.41) is 0.589. The molecule has 0 aliphatic heterocycles. The van der Waals surface area contributed by atoms with Crippen LogP contribution in [0.5, 0.6) is 5.75 Å². The monoisotopic (exact) mass is 367 g/mol. The molecule has 0 amide bonds. The molecule has 0 radical (unpaired) electrons. The molecule has 3 rings (SSSR count). The summed E-state index contributed by atoms with van der Waals surface area (Å²) in [5.74, 6) is 0.318. The predicted molar refractivity (Wildman–Crippen MR) is 105 cm³/mol. The summed E-state index contributed by atoms with van der Waals surface area (Å²) in [6, 6.07) is 17.9. The fourth-order valence-corrected chi connectivity index (χ4v) is 2.72. The molecule has 0 bridgehead atoms. The zero-order valence-electron chi connectivity index (χ0n) is 14.7. The third-order valence-electron chi connectivity index (χ3n) is 4.23. The average Bonchev–Trinajstić information content (AvgIpc) is 2.63. The van der Waals surface area contributed by atoms with E-state index in [0.717, 1.165) is 16.8 Å². The van der Waals surface area contributed by atoms with Gasteiger partial charge >= 0.3 is 0 Å². The number of halogens is 2. The van der Waals surface area contributed by atoms with Crippen molar-refractivity contribution in [1.82, 2.24) is 0 Å². The Morgan fingerprint density at radius 3 is 2.65 bits per heavy atom. The van der Waals surface area contributed by atoms with E-state index in [4.69, 9.17) is 16.3 Å². The first-order valence-electron chi connectivity index (χ1n) is 8.30. The van der Waals surface area contributed by atoms with Gasteiger partial charge in [-0.2, -0.15) is 0 Å². The van der Waals surface area contributed by atoms with Gasteiger partial charge in [-0.1, -0.05) is 41.9 Å². The number of hydrogen-bond donors (Lipinski definition) is 0. The molecular weight excluding hydrogens is 349 g/mol. The highest BCUT2D eigenvalue weighted by molar-refractivity contribution is 6.30. The summed E-state index contributed by atoms with van der Waals surface area (Å²) in [7, 11) is 0. The molecule has 3 aromatic carbocycles. The maximum atomic E-state index is 13.8. The second-order valence-electron chi connectivity index (χ2n) is 6.04. The summed E-state index contributed by atoms with van der Waals surface area (Å²) >= 11 is 6.12. The van der Waals surface area contributed by atoms with E-state index in [2.05, 4.69) is 18.0 Å². The molecular formula is C22H19ClFNO. The minimum absolute atomic E-state index is 0.138. The van der Waals surface area contributed by atoms with Crippen LogP contribution in [0.25, 0.3) is 0 Å². The largest absolute Gasteiger partial charge is 0.488 e. The molecule has 132 valence electrons. The minimum Gasteiger partial charge on any atom is -0.488 e. The summed E-state index contributed by atoms with van der Waals surface area (Å²) in [6.07, 6.45) is 1.73. The lowest BCUT2D eigenvalue weighted by Gasteiger charge is -2.10. The average molecular weight is 368 g/mol. The molecule has 26 heavy (non-hydrogen) atoms. The van der Waals surface area contributed by atoms with Crippen LogP contribution in [0.15, 0.2) is 65.7 Å².